The first-order valence-electron chi connectivity index (χ1n) is 8.61. The van der Waals surface area contributed by atoms with Crippen LogP contribution >= 0.6 is 0 Å². The molecule has 0 aliphatic rings. The summed E-state index contributed by atoms with van der Waals surface area (Å²) in [6, 6.07) is 15.7. The van der Waals surface area contributed by atoms with Crippen molar-refractivity contribution in [2.75, 3.05) is 10.6 Å². The first kappa shape index (κ1) is 20.4. The highest BCUT2D eigenvalue weighted by molar-refractivity contribution is 5.89. The number of nitrogens with one attached hydrogen (secondary N) is 2. The lowest BCUT2D eigenvalue weighted by Gasteiger charge is -2.03. The quantitative estimate of drug-likeness (QED) is 0.810. The van der Waals surface area contributed by atoms with E-state index in [1.807, 2.05) is 43.3 Å². The van der Waals surface area contributed by atoms with Gasteiger partial charge in [0.25, 0.3) is 0 Å². The molecule has 0 bridgehead atoms. The van der Waals surface area contributed by atoms with Gasteiger partial charge in [-0.3, -0.25) is 9.59 Å². The summed E-state index contributed by atoms with van der Waals surface area (Å²) in [7, 11) is 0. The van der Waals surface area contributed by atoms with Crippen molar-refractivity contribution in [3.8, 4) is 0 Å². The first-order chi connectivity index (χ1) is 11.9. The van der Waals surface area contributed by atoms with Crippen LogP contribution in [0.25, 0.3) is 0 Å². The van der Waals surface area contributed by atoms with Crippen LogP contribution in [0.2, 0.25) is 0 Å². The number of anilines is 2. The molecule has 4 nitrogen and oxygen atoms in total. The van der Waals surface area contributed by atoms with Crippen molar-refractivity contribution in [1.82, 2.24) is 0 Å². The van der Waals surface area contributed by atoms with E-state index in [1.165, 1.54) is 37.8 Å². The molecule has 2 aromatic carbocycles. The second-order valence-corrected chi connectivity index (χ2v) is 6.03. The maximum absolute atomic E-state index is 10.8. The Morgan fingerprint density at radius 2 is 1.24 bits per heavy atom. The predicted molar refractivity (Wildman–Crippen MR) is 105 cm³/mol. The molecular weight excluding hydrogens is 312 g/mol. The first-order valence-corrected chi connectivity index (χ1v) is 8.61. The van der Waals surface area contributed by atoms with E-state index in [0.717, 1.165) is 17.8 Å². The fraction of sp³-hybridized carbons (Fsp3) is 0.333. The lowest BCUT2D eigenvalue weighted by molar-refractivity contribution is -0.115. The van der Waals surface area contributed by atoms with Gasteiger partial charge in [-0.1, -0.05) is 43.2 Å². The zero-order valence-corrected chi connectivity index (χ0v) is 15.6. The van der Waals surface area contributed by atoms with Crippen LogP contribution in [0.3, 0.4) is 0 Å². The van der Waals surface area contributed by atoms with Gasteiger partial charge in [-0.15, -0.1) is 0 Å². The Morgan fingerprint density at radius 3 is 1.64 bits per heavy atom. The molecule has 25 heavy (non-hydrogen) atoms. The summed E-state index contributed by atoms with van der Waals surface area (Å²) in [5, 5.41) is 5.44. The van der Waals surface area contributed by atoms with Crippen LogP contribution in [0, 0.1) is 6.92 Å². The van der Waals surface area contributed by atoms with E-state index >= 15 is 0 Å². The van der Waals surface area contributed by atoms with Crippen molar-refractivity contribution in [1.29, 1.82) is 0 Å². The van der Waals surface area contributed by atoms with Crippen LogP contribution in [-0.4, -0.2) is 11.8 Å². The fourth-order valence-electron chi connectivity index (χ4n) is 2.18. The fourth-order valence-corrected chi connectivity index (χ4v) is 2.18. The Balaban J connectivity index is 0.000000257. The van der Waals surface area contributed by atoms with Crippen LogP contribution in [0.15, 0.2) is 48.5 Å². The third kappa shape index (κ3) is 9.30. The second kappa shape index (κ2) is 11.0. The van der Waals surface area contributed by atoms with E-state index in [9.17, 15) is 9.59 Å². The number of benzene rings is 2. The molecule has 0 saturated heterocycles. The minimum absolute atomic E-state index is 0.0219. The van der Waals surface area contributed by atoms with Crippen LogP contribution < -0.4 is 10.6 Å². The molecule has 2 rings (SSSR count). The lowest BCUT2D eigenvalue weighted by atomic mass is 10.1. The highest BCUT2D eigenvalue weighted by Crippen LogP contribution is 2.11. The molecule has 0 radical (unpaired) electrons. The number of hydrogen-bond donors (Lipinski definition) is 2. The van der Waals surface area contributed by atoms with Gasteiger partial charge in [-0.2, -0.15) is 0 Å². The number of amides is 2. The van der Waals surface area contributed by atoms with E-state index in [0.29, 0.717) is 0 Å². The summed E-state index contributed by atoms with van der Waals surface area (Å²) in [5.41, 5.74) is 4.25. The van der Waals surface area contributed by atoms with Crippen LogP contribution in [-0.2, 0) is 16.0 Å². The third-order valence-corrected chi connectivity index (χ3v) is 3.47. The Morgan fingerprint density at radius 1 is 0.800 bits per heavy atom. The molecule has 2 N–H and O–H groups in total. The van der Waals surface area contributed by atoms with Crippen molar-refractivity contribution in [2.24, 2.45) is 0 Å². The summed E-state index contributed by atoms with van der Waals surface area (Å²) < 4.78 is 0. The maximum atomic E-state index is 10.8. The van der Waals surface area contributed by atoms with Crippen molar-refractivity contribution in [3.05, 3.63) is 59.7 Å². The monoisotopic (exact) mass is 340 g/mol. The minimum atomic E-state index is -0.0335. The third-order valence-electron chi connectivity index (χ3n) is 3.47. The lowest BCUT2D eigenvalue weighted by Crippen LogP contribution is -2.05. The SMILES string of the molecule is CC(=O)Nc1ccc(C)cc1.CCCCc1ccc(NC(C)=O)cc1. The number of unbranched alkanes of at least 4 members (excludes halogenated alkanes) is 1. The van der Waals surface area contributed by atoms with Crippen LogP contribution in [0.4, 0.5) is 11.4 Å². The molecule has 0 heterocycles. The standard InChI is InChI=1S/C12H17NO.C9H11NO/c1-3-4-5-11-6-8-12(9-7-11)13-10(2)14;1-7-3-5-9(6-4-7)10-8(2)11/h6-9H,3-5H2,1-2H3,(H,13,14);3-6H,1-2H3,(H,10,11). The molecule has 0 aromatic heterocycles. The molecule has 0 spiro atoms. The van der Waals surface area contributed by atoms with Gasteiger partial charge >= 0.3 is 0 Å². The highest BCUT2D eigenvalue weighted by atomic mass is 16.2. The van der Waals surface area contributed by atoms with Gasteiger partial charge in [0, 0.05) is 25.2 Å². The maximum Gasteiger partial charge on any atom is 0.221 e. The topological polar surface area (TPSA) is 58.2 Å². The number of carbonyl (C=O) groups excluding carboxylic acids is 2. The van der Waals surface area contributed by atoms with Gasteiger partial charge in [0.15, 0.2) is 0 Å². The average Bonchev–Trinajstić information content (AvgIpc) is 2.56. The summed E-state index contributed by atoms with van der Waals surface area (Å²) >= 11 is 0. The number of hydrogen-bond acceptors (Lipinski definition) is 2. The molecule has 0 saturated carbocycles. The molecular formula is C21H28N2O2. The van der Waals surface area contributed by atoms with Gasteiger partial charge < -0.3 is 10.6 Å². The molecule has 0 aliphatic carbocycles. The van der Waals surface area contributed by atoms with E-state index in [4.69, 9.17) is 0 Å². The largest absolute Gasteiger partial charge is 0.326 e. The van der Waals surface area contributed by atoms with Gasteiger partial charge in [0.05, 0.1) is 0 Å². The van der Waals surface area contributed by atoms with Crippen LogP contribution in [0.1, 0.15) is 44.7 Å². The van der Waals surface area contributed by atoms with E-state index in [1.54, 1.807) is 0 Å². The second-order valence-electron chi connectivity index (χ2n) is 6.03. The van der Waals surface area contributed by atoms with Crippen molar-refractivity contribution in [2.45, 2.75) is 47.0 Å². The molecule has 4 heteroatoms. The zero-order chi connectivity index (χ0) is 18.7. The van der Waals surface area contributed by atoms with Crippen molar-refractivity contribution >= 4 is 23.2 Å². The van der Waals surface area contributed by atoms with E-state index < -0.39 is 0 Å². The normalized spacial score (nSPS) is 9.60. The average molecular weight is 340 g/mol. The summed E-state index contributed by atoms with van der Waals surface area (Å²) in [5.74, 6) is -0.0554. The molecule has 0 atom stereocenters. The highest BCUT2D eigenvalue weighted by Gasteiger charge is 1.96. The number of rotatable bonds is 5. The predicted octanol–water partition coefficient (Wildman–Crippen LogP) is 4.94. The van der Waals surface area contributed by atoms with E-state index in [-0.39, 0.29) is 11.8 Å². The molecule has 0 fully saturated rings. The van der Waals surface area contributed by atoms with Crippen molar-refractivity contribution < 1.29 is 9.59 Å². The molecule has 134 valence electrons. The molecule has 2 amide bonds. The number of carbonyl (C=O) groups is 2. The summed E-state index contributed by atoms with van der Waals surface area (Å²) in [6.07, 6.45) is 3.56. The Labute approximate surface area is 150 Å². The van der Waals surface area contributed by atoms with Crippen molar-refractivity contribution in [3.63, 3.8) is 0 Å². The smallest absolute Gasteiger partial charge is 0.221 e. The minimum Gasteiger partial charge on any atom is -0.326 e. The van der Waals surface area contributed by atoms with Gasteiger partial charge in [-0.25, -0.2) is 0 Å². The van der Waals surface area contributed by atoms with Gasteiger partial charge in [0.1, 0.15) is 0 Å². The zero-order valence-electron chi connectivity index (χ0n) is 15.6. The molecule has 0 aliphatic heterocycles. The van der Waals surface area contributed by atoms with E-state index in [2.05, 4.69) is 29.7 Å². The Bertz CT molecular complexity index is 661. The van der Waals surface area contributed by atoms with Gasteiger partial charge in [0.2, 0.25) is 11.8 Å². The summed E-state index contributed by atoms with van der Waals surface area (Å²) in [6.45, 7) is 7.22. The van der Waals surface area contributed by atoms with Crippen LogP contribution in [0.5, 0.6) is 0 Å². The number of aryl methyl sites for hydroxylation is 2. The molecule has 2 aromatic rings. The van der Waals surface area contributed by atoms with Gasteiger partial charge in [-0.05, 0) is 49.6 Å². The summed E-state index contributed by atoms with van der Waals surface area (Å²) in [4.78, 5) is 21.3. The Kier molecular flexibility index (Phi) is 9.01. The Hall–Kier alpha value is -2.62. The molecule has 0 unspecified atom stereocenters.